The van der Waals surface area contributed by atoms with Crippen LogP contribution in [-0.2, 0) is 4.79 Å². The van der Waals surface area contributed by atoms with Gasteiger partial charge in [-0.25, -0.2) is 4.68 Å². The number of rotatable bonds is 5. The number of aromatic nitrogens is 2. The molecule has 1 fully saturated rings. The summed E-state index contributed by atoms with van der Waals surface area (Å²) < 4.78 is 1.76. The number of hydrogen-bond donors (Lipinski definition) is 1. The lowest BCUT2D eigenvalue weighted by Crippen LogP contribution is -2.41. The lowest BCUT2D eigenvalue weighted by atomic mass is 9.84. The summed E-state index contributed by atoms with van der Waals surface area (Å²) in [5.74, 6) is 0.212. The first-order valence-corrected chi connectivity index (χ1v) is 11.6. The Morgan fingerprint density at radius 3 is 2.27 bits per heavy atom. The predicted molar refractivity (Wildman–Crippen MR) is 131 cm³/mol. The van der Waals surface area contributed by atoms with E-state index in [1.54, 1.807) is 4.68 Å². The van der Waals surface area contributed by atoms with Gasteiger partial charge in [0.2, 0.25) is 5.91 Å². The minimum Gasteiger partial charge on any atom is -0.339 e. The Kier molecular flexibility index (Phi) is 6.63. The summed E-state index contributed by atoms with van der Waals surface area (Å²) in [5.41, 5.74) is 5.42. The van der Waals surface area contributed by atoms with E-state index in [-0.39, 0.29) is 23.7 Å². The quantitative estimate of drug-likeness (QED) is 0.607. The third-order valence-electron chi connectivity index (χ3n) is 6.59. The molecular formula is C27H32N4O2. The van der Waals surface area contributed by atoms with Crippen LogP contribution in [0.25, 0.3) is 5.69 Å². The average Bonchev–Trinajstić information content (AvgIpc) is 3.19. The molecule has 4 rings (SSSR count). The van der Waals surface area contributed by atoms with Gasteiger partial charge in [-0.2, -0.15) is 5.10 Å². The highest BCUT2D eigenvalue weighted by molar-refractivity contribution is 5.95. The van der Waals surface area contributed by atoms with Gasteiger partial charge in [-0.3, -0.25) is 9.59 Å². The molecule has 0 unspecified atom stereocenters. The SMILES string of the molecule is Cc1cc(C)cc(NC(=O)[C@H](C)C2CCN(C(=O)c3cn(-c4ccccc4)nc3C)CC2)c1. The van der Waals surface area contributed by atoms with Crippen molar-refractivity contribution in [1.82, 2.24) is 14.7 Å². The number of para-hydroxylation sites is 1. The molecule has 2 amide bonds. The zero-order valence-corrected chi connectivity index (χ0v) is 19.8. The Balaban J connectivity index is 1.36. The molecule has 2 heterocycles. The van der Waals surface area contributed by atoms with Gasteiger partial charge in [0.05, 0.1) is 16.9 Å². The topological polar surface area (TPSA) is 67.2 Å². The molecule has 0 radical (unpaired) electrons. The monoisotopic (exact) mass is 444 g/mol. The maximum atomic E-state index is 13.2. The van der Waals surface area contributed by atoms with E-state index in [2.05, 4.69) is 16.5 Å². The molecule has 0 aliphatic carbocycles. The van der Waals surface area contributed by atoms with Gasteiger partial charge in [-0.1, -0.05) is 31.2 Å². The number of anilines is 1. The number of likely N-dealkylation sites (tertiary alicyclic amines) is 1. The molecule has 1 saturated heterocycles. The molecule has 33 heavy (non-hydrogen) atoms. The van der Waals surface area contributed by atoms with Gasteiger partial charge >= 0.3 is 0 Å². The maximum absolute atomic E-state index is 13.2. The van der Waals surface area contributed by atoms with Crippen molar-refractivity contribution < 1.29 is 9.59 Å². The van der Waals surface area contributed by atoms with Crippen molar-refractivity contribution in [2.45, 2.75) is 40.5 Å². The van der Waals surface area contributed by atoms with Crippen LogP contribution in [0.4, 0.5) is 5.69 Å². The largest absolute Gasteiger partial charge is 0.339 e. The summed E-state index contributed by atoms with van der Waals surface area (Å²) in [6.07, 6.45) is 3.46. The first kappa shape index (κ1) is 22.8. The fourth-order valence-electron chi connectivity index (χ4n) is 4.67. The van der Waals surface area contributed by atoms with Gasteiger partial charge in [0.25, 0.3) is 5.91 Å². The summed E-state index contributed by atoms with van der Waals surface area (Å²) in [6, 6.07) is 15.9. The average molecular weight is 445 g/mol. The normalized spacial score (nSPS) is 15.3. The van der Waals surface area contributed by atoms with Gasteiger partial charge < -0.3 is 10.2 Å². The van der Waals surface area contributed by atoms with Gasteiger partial charge in [0.1, 0.15) is 0 Å². The van der Waals surface area contributed by atoms with Crippen molar-refractivity contribution in [2.75, 3.05) is 18.4 Å². The first-order chi connectivity index (χ1) is 15.8. The van der Waals surface area contributed by atoms with Gasteiger partial charge in [-0.05, 0) is 74.9 Å². The number of nitrogens with zero attached hydrogens (tertiary/aromatic N) is 3. The van der Waals surface area contributed by atoms with Gasteiger partial charge in [0.15, 0.2) is 0 Å². The van der Waals surface area contributed by atoms with Crippen molar-refractivity contribution in [3.63, 3.8) is 0 Å². The fourth-order valence-corrected chi connectivity index (χ4v) is 4.67. The minimum atomic E-state index is -0.106. The van der Waals surface area contributed by atoms with Crippen LogP contribution in [0.2, 0.25) is 0 Å². The van der Waals surface area contributed by atoms with E-state index in [4.69, 9.17) is 0 Å². The first-order valence-electron chi connectivity index (χ1n) is 11.6. The van der Waals surface area contributed by atoms with Crippen molar-refractivity contribution in [2.24, 2.45) is 11.8 Å². The van der Waals surface area contributed by atoms with E-state index in [9.17, 15) is 9.59 Å². The number of carbonyl (C=O) groups is 2. The molecule has 3 aromatic rings. The molecule has 1 atom stereocenters. The van der Waals surface area contributed by atoms with Crippen molar-refractivity contribution >= 4 is 17.5 Å². The van der Waals surface area contributed by atoms with Crippen LogP contribution in [0.15, 0.2) is 54.7 Å². The van der Waals surface area contributed by atoms with Crippen LogP contribution >= 0.6 is 0 Å². The Morgan fingerprint density at radius 1 is 1.00 bits per heavy atom. The fraction of sp³-hybridized carbons (Fsp3) is 0.370. The summed E-state index contributed by atoms with van der Waals surface area (Å²) in [6.45, 7) is 9.24. The zero-order valence-electron chi connectivity index (χ0n) is 19.8. The Labute approximate surface area is 195 Å². The second kappa shape index (κ2) is 9.61. The Hall–Kier alpha value is -3.41. The molecule has 1 aliphatic rings. The second-order valence-electron chi connectivity index (χ2n) is 9.19. The number of benzene rings is 2. The van der Waals surface area contributed by atoms with Crippen molar-refractivity contribution in [3.05, 3.63) is 77.1 Å². The summed E-state index contributed by atoms with van der Waals surface area (Å²) in [4.78, 5) is 27.9. The summed E-state index contributed by atoms with van der Waals surface area (Å²) in [5, 5.41) is 7.61. The van der Waals surface area contributed by atoms with E-state index in [1.165, 1.54) is 0 Å². The number of piperidine rings is 1. The summed E-state index contributed by atoms with van der Waals surface area (Å²) >= 11 is 0. The zero-order chi connectivity index (χ0) is 23.5. The van der Waals surface area contributed by atoms with E-state index in [0.717, 1.165) is 41.0 Å². The van der Waals surface area contributed by atoms with Crippen LogP contribution in [-0.4, -0.2) is 39.6 Å². The maximum Gasteiger partial charge on any atom is 0.257 e. The Bertz CT molecular complexity index is 1120. The third kappa shape index (κ3) is 5.16. The van der Waals surface area contributed by atoms with Crippen molar-refractivity contribution in [1.29, 1.82) is 0 Å². The van der Waals surface area contributed by atoms with Crippen LogP contribution in [0.5, 0.6) is 0 Å². The molecule has 0 spiro atoms. The van der Waals surface area contributed by atoms with E-state index in [1.807, 2.05) is 81.3 Å². The van der Waals surface area contributed by atoms with Gasteiger partial charge in [0, 0.05) is 30.9 Å². The molecule has 1 N–H and O–H groups in total. The van der Waals surface area contributed by atoms with Crippen LogP contribution in [0.1, 0.15) is 46.9 Å². The number of carbonyl (C=O) groups excluding carboxylic acids is 2. The van der Waals surface area contributed by atoms with Crippen molar-refractivity contribution in [3.8, 4) is 5.69 Å². The number of hydrogen-bond acceptors (Lipinski definition) is 3. The number of nitrogens with one attached hydrogen (secondary N) is 1. The van der Waals surface area contributed by atoms with Crippen LogP contribution < -0.4 is 5.32 Å². The van der Waals surface area contributed by atoms with Gasteiger partial charge in [-0.15, -0.1) is 0 Å². The minimum absolute atomic E-state index is 0.0143. The van der Waals surface area contributed by atoms with E-state index < -0.39 is 0 Å². The molecule has 172 valence electrons. The molecule has 1 aromatic heterocycles. The smallest absolute Gasteiger partial charge is 0.257 e. The molecule has 6 heteroatoms. The highest BCUT2D eigenvalue weighted by Crippen LogP contribution is 2.28. The molecule has 0 saturated carbocycles. The van der Waals surface area contributed by atoms with Crippen LogP contribution in [0.3, 0.4) is 0 Å². The lowest BCUT2D eigenvalue weighted by Gasteiger charge is -2.34. The predicted octanol–water partition coefficient (Wildman–Crippen LogP) is 4.92. The standard InChI is InChI=1S/C27H32N4O2/c1-18-14-19(2)16-23(15-18)28-26(32)20(3)22-10-12-30(13-11-22)27(33)25-17-31(29-21(25)4)24-8-6-5-7-9-24/h5-9,14-17,20,22H,10-13H2,1-4H3,(H,28,32)/t20-/m1/s1. The molecule has 2 aromatic carbocycles. The highest BCUT2D eigenvalue weighted by atomic mass is 16.2. The van der Waals surface area contributed by atoms with E-state index in [0.29, 0.717) is 18.7 Å². The highest BCUT2D eigenvalue weighted by Gasteiger charge is 2.31. The Morgan fingerprint density at radius 2 is 1.64 bits per heavy atom. The molecule has 6 nitrogen and oxygen atoms in total. The second-order valence-corrected chi connectivity index (χ2v) is 9.19. The molecule has 0 bridgehead atoms. The number of amides is 2. The van der Waals surface area contributed by atoms with E-state index >= 15 is 0 Å². The molecular weight excluding hydrogens is 412 g/mol. The summed E-state index contributed by atoms with van der Waals surface area (Å²) in [7, 11) is 0. The van der Waals surface area contributed by atoms with Crippen LogP contribution in [0, 0.1) is 32.6 Å². The lowest BCUT2D eigenvalue weighted by molar-refractivity contribution is -0.121. The number of aryl methyl sites for hydroxylation is 3. The molecule has 1 aliphatic heterocycles. The third-order valence-corrected chi connectivity index (χ3v) is 6.59.